The molecule has 0 fully saturated rings. The van der Waals surface area contributed by atoms with Gasteiger partial charge in [-0.25, -0.2) is 0 Å². The Labute approximate surface area is 270 Å². The summed E-state index contributed by atoms with van der Waals surface area (Å²) in [5.41, 5.74) is 10.4. The molecule has 0 bridgehead atoms. The van der Waals surface area contributed by atoms with Gasteiger partial charge in [-0.15, -0.1) is 0 Å². The minimum Gasteiger partial charge on any atom is -0.0761 e. The minimum absolute atomic E-state index is 0.225. The summed E-state index contributed by atoms with van der Waals surface area (Å²) >= 11 is 0. The first-order valence-corrected chi connectivity index (χ1v) is 16.2. The van der Waals surface area contributed by atoms with Gasteiger partial charge in [-0.1, -0.05) is 176 Å². The van der Waals surface area contributed by atoms with Crippen LogP contribution < -0.4 is 0 Å². The summed E-state index contributed by atoms with van der Waals surface area (Å²) in [5.74, 6) is 0.492. The largest absolute Gasteiger partial charge is 0.0761 e. The molecule has 0 aliphatic heterocycles. The van der Waals surface area contributed by atoms with Gasteiger partial charge < -0.3 is 0 Å². The zero-order valence-electron chi connectivity index (χ0n) is 25.5. The molecular weight excluding hydrogens is 553 g/mol. The number of rotatable bonds is 4. The molecule has 46 heavy (non-hydrogen) atoms. The van der Waals surface area contributed by atoms with Crippen molar-refractivity contribution in [1.29, 1.82) is 0 Å². The zero-order valence-corrected chi connectivity index (χ0v) is 25.5. The second-order valence-corrected chi connectivity index (χ2v) is 12.4. The first kappa shape index (κ1) is 26.7. The molecule has 2 aliphatic rings. The van der Waals surface area contributed by atoms with Crippen LogP contribution in [0.1, 0.15) is 17.0 Å². The molecule has 0 heteroatoms. The van der Waals surface area contributed by atoms with E-state index in [0.29, 0.717) is 0 Å². The van der Waals surface area contributed by atoms with Crippen molar-refractivity contribution < 1.29 is 0 Å². The van der Waals surface area contributed by atoms with Crippen LogP contribution in [0.25, 0.3) is 60.1 Å². The molecular formula is C46H32. The molecule has 2 aliphatic carbocycles. The molecule has 0 aromatic heterocycles. The van der Waals surface area contributed by atoms with Crippen LogP contribution in [0.4, 0.5) is 0 Å². The average Bonchev–Trinajstić information content (AvgIpc) is 3.14. The first-order valence-electron chi connectivity index (χ1n) is 16.2. The van der Waals surface area contributed by atoms with E-state index in [-0.39, 0.29) is 11.8 Å². The van der Waals surface area contributed by atoms with Gasteiger partial charge in [0.1, 0.15) is 0 Å². The van der Waals surface area contributed by atoms with Crippen molar-refractivity contribution in [3.05, 3.63) is 199 Å². The molecule has 0 saturated heterocycles. The molecule has 2 atom stereocenters. The van der Waals surface area contributed by atoms with Crippen molar-refractivity contribution in [1.82, 2.24) is 0 Å². The fourth-order valence-corrected chi connectivity index (χ4v) is 7.74. The molecule has 0 nitrogen and oxygen atoms in total. The standard InChI is InChI=1S/C46H32/c1-2-13-33(14-3-1)37-28-29-44(39-17-7-6-16-38(37)39)46-42-20-10-8-18-40(42)45(41-19-9-11-21-43(41)46)34-25-22-32(23-26-34)36-27-24-31-12-4-5-15-35(31)30-36/h1-30,39,44H. The SMILES string of the molecule is C1=CC2=C(c3ccccc3)C=CC(c3c4ccccc4c(-c4ccc(-c5ccc6ccccc6c5)cc4)c4ccccc34)C2C=C1. The summed E-state index contributed by atoms with van der Waals surface area (Å²) in [4.78, 5) is 0. The predicted octanol–water partition coefficient (Wildman–Crippen LogP) is 12.3. The maximum Gasteiger partial charge on any atom is 0.0137 e. The first-order chi connectivity index (χ1) is 22.8. The zero-order chi connectivity index (χ0) is 30.5. The predicted molar refractivity (Wildman–Crippen MR) is 197 cm³/mol. The summed E-state index contributed by atoms with van der Waals surface area (Å²) in [6, 6.07) is 53.3. The maximum atomic E-state index is 2.45. The Kier molecular flexibility index (Phi) is 6.39. The van der Waals surface area contributed by atoms with Crippen LogP contribution in [0.5, 0.6) is 0 Å². The molecule has 7 aromatic carbocycles. The van der Waals surface area contributed by atoms with E-state index in [1.165, 1.54) is 76.8 Å². The van der Waals surface area contributed by atoms with Gasteiger partial charge in [0.15, 0.2) is 0 Å². The molecule has 216 valence electrons. The second-order valence-electron chi connectivity index (χ2n) is 12.4. The van der Waals surface area contributed by atoms with E-state index in [9.17, 15) is 0 Å². The van der Waals surface area contributed by atoms with E-state index in [0.717, 1.165) is 0 Å². The Balaban J connectivity index is 1.20. The van der Waals surface area contributed by atoms with Gasteiger partial charge in [0.05, 0.1) is 0 Å². The van der Waals surface area contributed by atoms with Crippen LogP contribution in [0, 0.1) is 5.92 Å². The van der Waals surface area contributed by atoms with Crippen LogP contribution >= 0.6 is 0 Å². The number of hydrogen-bond acceptors (Lipinski definition) is 0. The lowest BCUT2D eigenvalue weighted by atomic mass is 9.70. The lowest BCUT2D eigenvalue weighted by molar-refractivity contribution is 0.682. The van der Waals surface area contributed by atoms with E-state index < -0.39 is 0 Å². The van der Waals surface area contributed by atoms with Crippen molar-refractivity contribution in [2.75, 3.05) is 0 Å². The number of benzene rings is 7. The second kappa shape index (κ2) is 11.0. The Morgan fingerprint density at radius 2 is 0.978 bits per heavy atom. The Hall–Kier alpha value is -5.72. The van der Waals surface area contributed by atoms with Crippen LogP contribution in [-0.2, 0) is 0 Å². The molecule has 9 rings (SSSR count). The number of allylic oxidation sites excluding steroid dienone is 8. The third-order valence-corrected chi connectivity index (χ3v) is 9.88. The van der Waals surface area contributed by atoms with E-state index in [1.54, 1.807) is 0 Å². The molecule has 7 aromatic rings. The van der Waals surface area contributed by atoms with E-state index in [4.69, 9.17) is 0 Å². The molecule has 0 heterocycles. The quantitative estimate of drug-likeness (QED) is 0.181. The van der Waals surface area contributed by atoms with Gasteiger partial charge in [-0.2, -0.15) is 0 Å². The highest BCUT2D eigenvalue weighted by Crippen LogP contribution is 2.49. The molecule has 0 amide bonds. The number of hydrogen-bond donors (Lipinski definition) is 0. The summed E-state index contributed by atoms with van der Waals surface area (Å²) in [5, 5.41) is 7.80. The van der Waals surface area contributed by atoms with Crippen molar-refractivity contribution >= 4 is 37.9 Å². The van der Waals surface area contributed by atoms with Gasteiger partial charge in [0.25, 0.3) is 0 Å². The molecule has 0 radical (unpaired) electrons. The molecule has 0 saturated carbocycles. The lowest BCUT2D eigenvalue weighted by Gasteiger charge is -2.33. The van der Waals surface area contributed by atoms with Gasteiger partial charge in [0, 0.05) is 11.8 Å². The van der Waals surface area contributed by atoms with Gasteiger partial charge >= 0.3 is 0 Å². The van der Waals surface area contributed by atoms with Crippen LogP contribution in [-0.4, -0.2) is 0 Å². The highest BCUT2D eigenvalue weighted by molar-refractivity contribution is 6.15. The summed E-state index contributed by atoms with van der Waals surface area (Å²) < 4.78 is 0. The van der Waals surface area contributed by atoms with E-state index >= 15 is 0 Å². The fraction of sp³-hybridized carbons (Fsp3) is 0.0435. The van der Waals surface area contributed by atoms with Crippen molar-refractivity contribution in [2.24, 2.45) is 5.92 Å². The van der Waals surface area contributed by atoms with Gasteiger partial charge in [-0.3, -0.25) is 0 Å². The smallest absolute Gasteiger partial charge is 0.0137 e. The topological polar surface area (TPSA) is 0 Å². The average molecular weight is 585 g/mol. The Morgan fingerprint density at radius 3 is 1.72 bits per heavy atom. The summed E-state index contributed by atoms with van der Waals surface area (Å²) in [6.07, 6.45) is 13.9. The Morgan fingerprint density at radius 1 is 0.370 bits per heavy atom. The minimum atomic E-state index is 0.225. The van der Waals surface area contributed by atoms with Crippen LogP contribution in [0.2, 0.25) is 0 Å². The Bertz CT molecular complexity index is 2340. The fourth-order valence-electron chi connectivity index (χ4n) is 7.74. The van der Waals surface area contributed by atoms with Crippen molar-refractivity contribution in [2.45, 2.75) is 5.92 Å². The number of fused-ring (bicyclic) bond motifs is 4. The maximum absolute atomic E-state index is 2.45. The van der Waals surface area contributed by atoms with Crippen LogP contribution in [0.3, 0.4) is 0 Å². The van der Waals surface area contributed by atoms with Crippen LogP contribution in [0.15, 0.2) is 188 Å². The van der Waals surface area contributed by atoms with E-state index in [2.05, 4.69) is 182 Å². The van der Waals surface area contributed by atoms with Gasteiger partial charge in [0.2, 0.25) is 0 Å². The molecule has 0 N–H and O–H groups in total. The molecule has 2 unspecified atom stereocenters. The highest BCUT2D eigenvalue weighted by Gasteiger charge is 2.31. The highest BCUT2D eigenvalue weighted by atomic mass is 14.3. The van der Waals surface area contributed by atoms with E-state index in [1.807, 2.05) is 0 Å². The summed E-state index contributed by atoms with van der Waals surface area (Å²) in [7, 11) is 0. The lowest BCUT2D eigenvalue weighted by Crippen LogP contribution is -2.17. The monoisotopic (exact) mass is 584 g/mol. The van der Waals surface area contributed by atoms with Crippen molar-refractivity contribution in [3.8, 4) is 22.3 Å². The third kappa shape index (κ3) is 4.37. The normalized spacial score (nSPS) is 17.2. The van der Waals surface area contributed by atoms with Crippen molar-refractivity contribution in [3.63, 3.8) is 0 Å². The summed E-state index contributed by atoms with van der Waals surface area (Å²) in [6.45, 7) is 0. The van der Waals surface area contributed by atoms with Gasteiger partial charge in [-0.05, 0) is 82.9 Å². The molecule has 0 spiro atoms. The third-order valence-electron chi connectivity index (χ3n) is 9.88.